The number of nitrogens with one attached hydrogen (secondary N) is 1. The van der Waals surface area contributed by atoms with E-state index in [-0.39, 0.29) is 5.91 Å². The maximum absolute atomic E-state index is 11.9. The van der Waals surface area contributed by atoms with E-state index < -0.39 is 0 Å². The van der Waals surface area contributed by atoms with Crippen molar-refractivity contribution in [3.8, 4) is 0 Å². The van der Waals surface area contributed by atoms with Gasteiger partial charge in [-0.2, -0.15) is 0 Å². The maximum atomic E-state index is 11.9. The third kappa shape index (κ3) is 3.16. The Bertz CT molecular complexity index is 486. The molecule has 1 saturated heterocycles. The van der Waals surface area contributed by atoms with Crippen molar-refractivity contribution in [1.82, 2.24) is 0 Å². The van der Waals surface area contributed by atoms with Crippen LogP contribution in [0.3, 0.4) is 0 Å². The lowest BCUT2D eigenvalue weighted by Gasteiger charge is -2.19. The topological polar surface area (TPSA) is 53.4 Å². The van der Waals surface area contributed by atoms with E-state index in [0.717, 1.165) is 23.2 Å². The van der Waals surface area contributed by atoms with Gasteiger partial charge in [0, 0.05) is 12.2 Å². The van der Waals surface area contributed by atoms with E-state index in [9.17, 15) is 4.79 Å². The van der Waals surface area contributed by atoms with Crippen LogP contribution in [0, 0.1) is 12.3 Å². The number of hydrogen-bond acceptors (Lipinski definition) is 4. The van der Waals surface area contributed by atoms with E-state index in [1.54, 1.807) is 0 Å². The highest BCUT2D eigenvalue weighted by molar-refractivity contribution is 8.15. The van der Waals surface area contributed by atoms with E-state index in [0.29, 0.717) is 24.1 Å². The minimum atomic E-state index is -0.0302. The number of aryl methyl sites for hydroxylation is 1. The van der Waals surface area contributed by atoms with E-state index in [1.165, 1.54) is 16.7 Å². The average Bonchev–Trinajstić information content (AvgIpc) is 2.71. The Kier molecular flexibility index (Phi) is 4.61. The molecule has 1 aliphatic rings. The molecule has 0 aromatic heterocycles. The fourth-order valence-corrected chi connectivity index (χ4v) is 2.67. The number of benzene rings is 1. The highest BCUT2D eigenvalue weighted by Gasteiger charge is 2.29. The molecule has 4 nitrogen and oxygen atoms in total. The minimum absolute atomic E-state index is 0.0302. The Morgan fingerprint density at radius 1 is 1.47 bits per heavy atom. The zero-order chi connectivity index (χ0) is 13.8. The van der Waals surface area contributed by atoms with Crippen molar-refractivity contribution in [3.05, 3.63) is 29.3 Å². The summed E-state index contributed by atoms with van der Waals surface area (Å²) in [6, 6.07) is 5.93. The molecule has 0 aliphatic carbocycles. The molecular formula is C14H18N2O2S. The van der Waals surface area contributed by atoms with Crippen LogP contribution in [0.25, 0.3) is 0 Å². The first kappa shape index (κ1) is 14.1. The van der Waals surface area contributed by atoms with Crippen molar-refractivity contribution in [2.45, 2.75) is 26.9 Å². The van der Waals surface area contributed by atoms with Gasteiger partial charge in [0.2, 0.25) is 5.91 Å². The van der Waals surface area contributed by atoms with Gasteiger partial charge in [0.05, 0.1) is 18.0 Å². The Hall–Kier alpha value is -1.33. The molecular weight excluding hydrogens is 260 g/mol. The van der Waals surface area contributed by atoms with Gasteiger partial charge in [-0.1, -0.05) is 30.8 Å². The second kappa shape index (κ2) is 6.21. The molecule has 19 heavy (non-hydrogen) atoms. The van der Waals surface area contributed by atoms with Gasteiger partial charge in [0.1, 0.15) is 0 Å². The van der Waals surface area contributed by atoms with Crippen LogP contribution in [0.15, 0.2) is 18.2 Å². The Balaban J connectivity index is 2.29. The molecule has 0 saturated carbocycles. The molecule has 0 atom stereocenters. The summed E-state index contributed by atoms with van der Waals surface area (Å²) in [5, 5.41) is 8.18. The van der Waals surface area contributed by atoms with Gasteiger partial charge < -0.3 is 4.74 Å². The lowest BCUT2D eigenvalue weighted by atomic mass is 10.1. The maximum Gasteiger partial charge on any atom is 0.243 e. The van der Waals surface area contributed by atoms with Gasteiger partial charge in [0.15, 0.2) is 5.17 Å². The van der Waals surface area contributed by atoms with Gasteiger partial charge >= 0.3 is 0 Å². The largest absolute Gasteiger partial charge is 0.377 e. The standard InChI is InChI=1S/C14H18N2O2S/c1-3-6-18-8-11-5-4-10(2)7-12(11)16-13(17)9-19-14(16)15/h4-5,7,15H,3,6,8-9H2,1-2H3. The summed E-state index contributed by atoms with van der Waals surface area (Å²) in [5.41, 5.74) is 2.82. The molecule has 1 aromatic carbocycles. The van der Waals surface area contributed by atoms with Crippen molar-refractivity contribution in [2.75, 3.05) is 17.3 Å². The SMILES string of the molecule is CCCOCc1ccc(C)cc1N1C(=N)SCC1=O. The van der Waals surface area contributed by atoms with Crippen LogP contribution in [0.2, 0.25) is 0 Å². The monoisotopic (exact) mass is 278 g/mol. The number of rotatable bonds is 5. The Labute approximate surface area is 117 Å². The van der Waals surface area contributed by atoms with E-state index in [4.69, 9.17) is 10.1 Å². The zero-order valence-electron chi connectivity index (χ0n) is 11.2. The summed E-state index contributed by atoms with van der Waals surface area (Å²) in [6.45, 7) is 5.22. The first-order valence-corrected chi connectivity index (χ1v) is 7.33. The molecule has 0 radical (unpaired) electrons. The Morgan fingerprint density at radius 2 is 2.26 bits per heavy atom. The molecule has 0 spiro atoms. The molecule has 0 unspecified atom stereocenters. The van der Waals surface area contributed by atoms with Crippen molar-refractivity contribution >= 4 is 28.5 Å². The van der Waals surface area contributed by atoms with Crippen molar-refractivity contribution in [3.63, 3.8) is 0 Å². The summed E-state index contributed by atoms with van der Waals surface area (Å²) in [6.07, 6.45) is 0.968. The van der Waals surface area contributed by atoms with Gasteiger partial charge in [-0.05, 0) is 25.0 Å². The van der Waals surface area contributed by atoms with Crippen LogP contribution in [0.1, 0.15) is 24.5 Å². The predicted molar refractivity (Wildman–Crippen MR) is 78.8 cm³/mol. The third-order valence-electron chi connectivity index (χ3n) is 2.87. The molecule has 1 aromatic rings. The zero-order valence-corrected chi connectivity index (χ0v) is 12.0. The number of amides is 1. The Morgan fingerprint density at radius 3 is 2.89 bits per heavy atom. The highest BCUT2D eigenvalue weighted by atomic mass is 32.2. The molecule has 1 heterocycles. The number of anilines is 1. The van der Waals surface area contributed by atoms with Crippen LogP contribution >= 0.6 is 11.8 Å². The summed E-state index contributed by atoms with van der Waals surface area (Å²) in [7, 11) is 0. The fourth-order valence-electron chi connectivity index (χ4n) is 1.95. The highest BCUT2D eigenvalue weighted by Crippen LogP contribution is 2.30. The number of ether oxygens (including phenoxy) is 1. The number of amidine groups is 1. The smallest absolute Gasteiger partial charge is 0.243 e. The van der Waals surface area contributed by atoms with Crippen LogP contribution in [0.5, 0.6) is 0 Å². The molecule has 1 fully saturated rings. The fraction of sp³-hybridized carbons (Fsp3) is 0.429. The van der Waals surface area contributed by atoms with Gasteiger partial charge in [-0.25, -0.2) is 0 Å². The number of nitrogens with zero attached hydrogens (tertiary/aromatic N) is 1. The van der Waals surface area contributed by atoms with Crippen molar-refractivity contribution in [2.24, 2.45) is 0 Å². The first-order chi connectivity index (χ1) is 9.13. The third-order valence-corrected chi connectivity index (χ3v) is 3.72. The lowest BCUT2D eigenvalue weighted by molar-refractivity contribution is -0.115. The van der Waals surface area contributed by atoms with Gasteiger partial charge in [-0.3, -0.25) is 15.1 Å². The van der Waals surface area contributed by atoms with Gasteiger partial charge in [0.25, 0.3) is 0 Å². The van der Waals surface area contributed by atoms with Gasteiger partial charge in [-0.15, -0.1) is 0 Å². The van der Waals surface area contributed by atoms with E-state index in [2.05, 4.69) is 6.92 Å². The van der Waals surface area contributed by atoms with Crippen molar-refractivity contribution in [1.29, 1.82) is 5.41 Å². The molecule has 5 heteroatoms. The molecule has 2 rings (SSSR count). The quantitative estimate of drug-likeness (QED) is 0.843. The van der Waals surface area contributed by atoms with Crippen LogP contribution < -0.4 is 4.90 Å². The molecule has 102 valence electrons. The molecule has 1 N–H and O–H groups in total. The number of hydrogen-bond donors (Lipinski definition) is 1. The molecule has 1 aliphatic heterocycles. The number of carbonyl (C=O) groups is 1. The second-order valence-electron chi connectivity index (χ2n) is 4.51. The van der Waals surface area contributed by atoms with E-state index >= 15 is 0 Å². The molecule has 1 amide bonds. The predicted octanol–water partition coefficient (Wildman–Crippen LogP) is 2.94. The number of thioether (sulfide) groups is 1. The van der Waals surface area contributed by atoms with Crippen LogP contribution in [-0.4, -0.2) is 23.4 Å². The second-order valence-corrected chi connectivity index (χ2v) is 5.47. The summed E-state index contributed by atoms with van der Waals surface area (Å²) < 4.78 is 5.56. The number of carbonyl (C=O) groups excluding carboxylic acids is 1. The molecule has 0 bridgehead atoms. The van der Waals surface area contributed by atoms with Crippen molar-refractivity contribution < 1.29 is 9.53 Å². The summed E-state index contributed by atoms with van der Waals surface area (Å²) in [5.74, 6) is 0.319. The lowest BCUT2D eigenvalue weighted by Crippen LogP contribution is -2.29. The van der Waals surface area contributed by atoms with E-state index in [1.807, 2.05) is 25.1 Å². The summed E-state index contributed by atoms with van der Waals surface area (Å²) >= 11 is 1.27. The summed E-state index contributed by atoms with van der Waals surface area (Å²) in [4.78, 5) is 13.4. The van der Waals surface area contributed by atoms with Crippen LogP contribution in [0.4, 0.5) is 5.69 Å². The normalized spacial score (nSPS) is 15.4. The average molecular weight is 278 g/mol. The first-order valence-electron chi connectivity index (χ1n) is 6.35. The minimum Gasteiger partial charge on any atom is -0.377 e. The van der Waals surface area contributed by atoms with Crippen LogP contribution in [-0.2, 0) is 16.1 Å².